The number of hydrogen-bond acceptors (Lipinski definition) is 0. The first-order valence-electron chi connectivity index (χ1n) is 27.0. The van der Waals surface area contributed by atoms with Crippen LogP contribution in [0.5, 0.6) is 0 Å². The van der Waals surface area contributed by atoms with Crippen LogP contribution in [0.3, 0.4) is 0 Å². The molecule has 6 aromatic carbocycles. The van der Waals surface area contributed by atoms with E-state index in [4.69, 9.17) is 17.0 Å². The van der Waals surface area contributed by atoms with E-state index in [0.717, 1.165) is 35.5 Å². The summed E-state index contributed by atoms with van der Waals surface area (Å²) in [6, 6.07) is 42.6. The van der Waals surface area contributed by atoms with Gasteiger partial charge in [0.2, 0.25) is 0 Å². The molecule has 2 radical (unpaired) electrons. The third-order valence-electron chi connectivity index (χ3n) is 17.9. The number of alkyl halides is 3. The summed E-state index contributed by atoms with van der Waals surface area (Å²) in [5, 5.41) is 5.74. The second-order valence-corrected chi connectivity index (χ2v) is 30.7. The Morgan fingerprint density at radius 2 is 0.859 bits per heavy atom. The first kappa shape index (κ1) is 53.4. The molecule has 0 unspecified atom stereocenters. The summed E-state index contributed by atoms with van der Waals surface area (Å²) in [4.78, 5) is 0. The summed E-state index contributed by atoms with van der Waals surface area (Å²) >= 11 is -0.826. The molecule has 71 heavy (non-hydrogen) atoms. The fourth-order valence-corrected chi connectivity index (χ4v) is 16.3. The van der Waals surface area contributed by atoms with E-state index in [0.29, 0.717) is 20.3 Å². The monoisotopic (exact) mass is 1090 g/mol. The molecule has 0 aliphatic heterocycles. The Balaban J connectivity index is 0.000000146. The molecule has 0 N–H and O–H groups in total. The van der Waals surface area contributed by atoms with Crippen molar-refractivity contribution >= 4 is 48.1 Å². The minimum absolute atomic E-state index is 0.204. The molecule has 0 aromatic heterocycles. The molecule has 6 aromatic rings. The van der Waals surface area contributed by atoms with E-state index in [9.17, 15) is 13.2 Å². The number of halogens is 5. The van der Waals surface area contributed by atoms with Crippen LogP contribution in [0.25, 0.3) is 43.8 Å². The van der Waals surface area contributed by atoms with Crippen molar-refractivity contribution in [3.05, 3.63) is 131 Å². The molecule has 0 saturated heterocycles. The summed E-state index contributed by atoms with van der Waals surface area (Å²) in [7, 11) is 10.3. The predicted molar refractivity (Wildman–Crippen MR) is 295 cm³/mol. The standard InChI is InChI=1S/2C30H35.C4H7F3Si.2ClH.Zr/c2*1-29(2,3)26-9-7-24(8-10-26)27-6-4-5-25-14-23(15-28(25)27)19-30-16-20-11-21(17-30)13-22(12-20)18-30;1-8-3-2-4(5,6)7;;;/h2*4-10,14-15,20-22H,11-13,16-19H2,1-3H3;2-3H2,1H3;2*1H;/q2*-1;;;;+4/p-2. The van der Waals surface area contributed by atoms with E-state index in [-0.39, 0.29) is 16.9 Å². The number of hydrogen-bond donors (Lipinski definition) is 0. The molecule has 7 heteroatoms. The van der Waals surface area contributed by atoms with Crippen molar-refractivity contribution in [1.29, 1.82) is 0 Å². The van der Waals surface area contributed by atoms with Crippen molar-refractivity contribution in [3.8, 4) is 22.3 Å². The van der Waals surface area contributed by atoms with Crippen molar-refractivity contribution < 1.29 is 34.0 Å². The SMILES string of the molecule is CC(C)(C)c1ccc(-c2cccc3[cH-]c(CC45CC6CC(CC(C6)C4)C5)cc23)cc1.CC(C)(C)c1ccc(-c2cccc3[cH-]c(CC45CC6CC(CC(C6)C4)C5)cc23)cc1.C[Si]CCC(F)(F)F.[Cl][Zr+2][Cl]. The molecule has 376 valence electrons. The summed E-state index contributed by atoms with van der Waals surface area (Å²) < 4.78 is 33.7. The number of fused-ring (bicyclic) bond motifs is 2. The average molecular weight is 1090 g/mol. The van der Waals surface area contributed by atoms with Gasteiger partial charge in [0.05, 0.1) is 0 Å². The summed E-state index contributed by atoms with van der Waals surface area (Å²) in [6.07, 6.45) is 16.3. The van der Waals surface area contributed by atoms with Gasteiger partial charge in [-0.25, -0.2) is 0 Å². The van der Waals surface area contributed by atoms with E-state index in [1.54, 1.807) is 17.7 Å². The van der Waals surface area contributed by atoms with Crippen LogP contribution in [-0.4, -0.2) is 15.7 Å². The quantitative estimate of drug-likeness (QED) is 0.105. The summed E-state index contributed by atoms with van der Waals surface area (Å²) in [6.45, 7) is 15.5. The van der Waals surface area contributed by atoms with E-state index < -0.39 is 33.4 Å². The Kier molecular flexibility index (Phi) is 16.3. The first-order chi connectivity index (χ1) is 33.7. The van der Waals surface area contributed by atoms with Gasteiger partial charge in [0.1, 0.15) is 0 Å². The van der Waals surface area contributed by atoms with Gasteiger partial charge in [0.15, 0.2) is 0 Å². The Bertz CT molecular complexity index is 2460. The number of benzene rings is 4. The van der Waals surface area contributed by atoms with Gasteiger partial charge in [0, 0.05) is 15.9 Å². The minimum atomic E-state index is -3.94. The zero-order chi connectivity index (χ0) is 50.3. The van der Waals surface area contributed by atoms with Crippen LogP contribution in [0.4, 0.5) is 13.2 Å². The Morgan fingerprint density at radius 1 is 0.535 bits per heavy atom. The van der Waals surface area contributed by atoms with Crippen LogP contribution in [0.1, 0.15) is 147 Å². The molecule has 8 fully saturated rings. The van der Waals surface area contributed by atoms with Gasteiger partial charge in [-0.15, -0.1) is 69.1 Å². The zero-order valence-electron chi connectivity index (χ0n) is 43.6. The van der Waals surface area contributed by atoms with Gasteiger partial charge in [-0.05, 0) is 169 Å². The number of rotatable bonds is 8. The average Bonchev–Trinajstić information content (AvgIpc) is 3.90. The van der Waals surface area contributed by atoms with E-state index >= 15 is 0 Å². The van der Waals surface area contributed by atoms with Crippen molar-refractivity contribution in [3.63, 3.8) is 0 Å². The van der Waals surface area contributed by atoms with Crippen molar-refractivity contribution in [2.45, 2.75) is 167 Å². The maximum atomic E-state index is 11.2. The van der Waals surface area contributed by atoms with Crippen LogP contribution < -0.4 is 0 Å². The Labute approximate surface area is 446 Å². The molecule has 14 rings (SSSR count). The van der Waals surface area contributed by atoms with Gasteiger partial charge in [-0.2, -0.15) is 25.3 Å². The first-order valence-corrected chi connectivity index (χ1v) is 35.0. The normalized spacial score (nSPS) is 27.1. The molecular weight excluding hydrogens is 1020 g/mol. The molecule has 8 aliphatic carbocycles. The van der Waals surface area contributed by atoms with Crippen LogP contribution in [0, 0.1) is 46.3 Å². The van der Waals surface area contributed by atoms with E-state index in [1.807, 2.05) is 0 Å². The second-order valence-electron chi connectivity index (χ2n) is 25.7. The molecule has 0 atom stereocenters. The molecule has 8 aliphatic rings. The third kappa shape index (κ3) is 12.8. The molecule has 0 nitrogen and oxygen atoms in total. The third-order valence-corrected chi connectivity index (χ3v) is 18.6. The van der Waals surface area contributed by atoms with Gasteiger partial charge >= 0.3 is 44.1 Å². The van der Waals surface area contributed by atoms with E-state index in [1.165, 1.54) is 145 Å². The van der Waals surface area contributed by atoms with Gasteiger partial charge in [-0.1, -0.05) is 126 Å². The molecule has 8 saturated carbocycles. The van der Waals surface area contributed by atoms with Crippen LogP contribution in [0.2, 0.25) is 12.6 Å². The molecule has 8 bridgehead atoms. The molecule has 0 heterocycles. The molecular formula is C64H77Cl2F3SiZr. The molecule has 0 amide bonds. The topological polar surface area (TPSA) is 0 Å². The Hall–Kier alpha value is -2.43. The van der Waals surface area contributed by atoms with Crippen LogP contribution >= 0.6 is 17.0 Å². The Morgan fingerprint density at radius 3 is 1.13 bits per heavy atom. The second kappa shape index (κ2) is 21.7. The predicted octanol–water partition coefficient (Wildman–Crippen LogP) is 20.1. The molecule has 0 spiro atoms. The van der Waals surface area contributed by atoms with Crippen LogP contribution in [0.15, 0.2) is 109 Å². The fourth-order valence-electron chi connectivity index (χ4n) is 15.7. The summed E-state index contributed by atoms with van der Waals surface area (Å²) in [5.74, 6) is 6.24. The van der Waals surface area contributed by atoms with Gasteiger partial charge in [0.25, 0.3) is 0 Å². The van der Waals surface area contributed by atoms with Crippen molar-refractivity contribution in [2.75, 3.05) is 0 Å². The summed E-state index contributed by atoms with van der Waals surface area (Å²) in [5.41, 5.74) is 13.1. The van der Waals surface area contributed by atoms with Gasteiger partial charge in [-0.3, -0.25) is 0 Å². The van der Waals surface area contributed by atoms with E-state index in [2.05, 4.69) is 151 Å². The fraction of sp³-hybridized carbons (Fsp3) is 0.531. The zero-order valence-corrected chi connectivity index (χ0v) is 48.5. The van der Waals surface area contributed by atoms with Crippen molar-refractivity contribution in [1.82, 2.24) is 0 Å². The van der Waals surface area contributed by atoms with Crippen molar-refractivity contribution in [2.24, 2.45) is 46.3 Å². The van der Waals surface area contributed by atoms with Crippen LogP contribution in [-0.2, 0) is 44.5 Å². The maximum absolute atomic E-state index is 11.2. The van der Waals surface area contributed by atoms with Gasteiger partial charge < -0.3 is 0 Å².